The van der Waals surface area contributed by atoms with Crippen LogP contribution in [0.1, 0.15) is 13.3 Å². The Morgan fingerprint density at radius 3 is 2.36 bits per heavy atom. The molecule has 0 aliphatic carbocycles. The molecule has 0 spiro atoms. The maximum atomic E-state index is 11.8. The topological polar surface area (TPSA) is 32.3 Å². The summed E-state index contributed by atoms with van der Waals surface area (Å²) in [6.45, 7) is -0.203. The molecule has 0 saturated heterocycles. The molecule has 0 aromatic rings. The first kappa shape index (κ1) is 11.5. The van der Waals surface area contributed by atoms with Gasteiger partial charge < -0.3 is 0 Å². The molecule has 68 valence electrons. The Morgan fingerprint density at radius 1 is 1.55 bits per heavy atom. The number of rotatable bonds is 5. The standard InChI is InChI=1S/C6H17N2OPS/c1-5-6-11-10(9,7-2)8(3)4/h5-6H2,1-4H3,(H,7,9). The lowest BCUT2D eigenvalue weighted by Gasteiger charge is -2.22. The molecule has 0 aliphatic rings. The molecule has 0 aliphatic heterocycles. The second-order valence-electron chi connectivity index (χ2n) is 2.42. The van der Waals surface area contributed by atoms with Gasteiger partial charge in [-0.1, -0.05) is 18.3 Å². The molecule has 0 fully saturated rings. The van der Waals surface area contributed by atoms with Crippen molar-refractivity contribution in [3.05, 3.63) is 0 Å². The lowest BCUT2D eigenvalue weighted by Crippen LogP contribution is -2.16. The first-order valence-corrected chi connectivity index (χ1v) is 6.93. The van der Waals surface area contributed by atoms with Gasteiger partial charge in [0, 0.05) is 5.75 Å². The SMILES string of the molecule is CCCSP(=O)(NC)N(C)C. The average molecular weight is 196 g/mol. The van der Waals surface area contributed by atoms with E-state index in [4.69, 9.17) is 0 Å². The zero-order valence-corrected chi connectivity index (χ0v) is 9.34. The van der Waals surface area contributed by atoms with Gasteiger partial charge in [0.2, 0.25) is 0 Å². The predicted molar refractivity (Wildman–Crippen MR) is 53.1 cm³/mol. The quantitative estimate of drug-likeness (QED) is 0.682. The third kappa shape index (κ3) is 3.61. The first-order chi connectivity index (χ1) is 5.06. The molecule has 5 heteroatoms. The average Bonchev–Trinajstić information content (AvgIpc) is 2.00. The summed E-state index contributed by atoms with van der Waals surface area (Å²) < 4.78 is 13.6. The minimum Gasteiger partial charge on any atom is -0.277 e. The summed E-state index contributed by atoms with van der Waals surface area (Å²) >= 11 is 1.50. The monoisotopic (exact) mass is 196 g/mol. The Hall–Kier alpha value is 0.500. The Kier molecular flexibility index (Phi) is 5.44. The summed E-state index contributed by atoms with van der Waals surface area (Å²) in [5, 5.41) is 2.86. The summed E-state index contributed by atoms with van der Waals surface area (Å²) in [5.41, 5.74) is 0. The number of hydrogen-bond acceptors (Lipinski definition) is 2. The molecule has 1 N–H and O–H groups in total. The number of nitrogens with one attached hydrogen (secondary N) is 1. The van der Waals surface area contributed by atoms with Crippen molar-refractivity contribution in [1.82, 2.24) is 9.76 Å². The molecule has 0 bridgehead atoms. The summed E-state index contributed by atoms with van der Waals surface area (Å²) in [5.74, 6) is 0.941. The van der Waals surface area contributed by atoms with E-state index in [0.717, 1.165) is 12.2 Å². The van der Waals surface area contributed by atoms with Crippen molar-refractivity contribution in [1.29, 1.82) is 0 Å². The van der Waals surface area contributed by atoms with Crippen LogP contribution in [0.4, 0.5) is 0 Å². The highest BCUT2D eigenvalue weighted by Gasteiger charge is 2.22. The van der Waals surface area contributed by atoms with Crippen molar-refractivity contribution in [2.45, 2.75) is 13.3 Å². The fourth-order valence-electron chi connectivity index (χ4n) is 0.595. The maximum absolute atomic E-state index is 11.8. The van der Waals surface area contributed by atoms with Crippen LogP contribution < -0.4 is 5.09 Å². The highest BCUT2D eigenvalue weighted by atomic mass is 32.7. The maximum Gasteiger partial charge on any atom is 0.268 e. The van der Waals surface area contributed by atoms with Gasteiger partial charge in [0.1, 0.15) is 0 Å². The van der Waals surface area contributed by atoms with Crippen molar-refractivity contribution in [2.24, 2.45) is 0 Å². The highest BCUT2D eigenvalue weighted by Crippen LogP contribution is 2.55. The molecular weight excluding hydrogens is 179 g/mol. The van der Waals surface area contributed by atoms with Crippen LogP contribution in [0.25, 0.3) is 0 Å². The summed E-state index contributed by atoms with van der Waals surface area (Å²) in [4.78, 5) is 0. The van der Waals surface area contributed by atoms with Crippen molar-refractivity contribution in [3.63, 3.8) is 0 Å². The van der Waals surface area contributed by atoms with Gasteiger partial charge in [0.05, 0.1) is 0 Å². The van der Waals surface area contributed by atoms with Gasteiger partial charge in [-0.15, -0.1) is 0 Å². The molecule has 11 heavy (non-hydrogen) atoms. The van der Waals surface area contributed by atoms with Gasteiger partial charge in [-0.3, -0.25) is 4.57 Å². The normalized spacial score (nSPS) is 16.8. The van der Waals surface area contributed by atoms with Crippen LogP contribution >= 0.6 is 18.0 Å². The molecule has 0 aromatic carbocycles. The molecular formula is C6H17N2OPS. The second kappa shape index (κ2) is 5.20. The molecule has 1 atom stereocenters. The lowest BCUT2D eigenvalue weighted by atomic mass is 10.6. The van der Waals surface area contributed by atoms with Gasteiger partial charge in [-0.25, -0.2) is 9.76 Å². The van der Waals surface area contributed by atoms with E-state index >= 15 is 0 Å². The fraction of sp³-hybridized carbons (Fsp3) is 1.00. The second-order valence-corrected chi connectivity index (χ2v) is 7.64. The van der Waals surface area contributed by atoms with E-state index in [1.807, 2.05) is 14.1 Å². The summed E-state index contributed by atoms with van der Waals surface area (Å²) in [6.07, 6.45) is 1.06. The Morgan fingerprint density at radius 2 is 2.09 bits per heavy atom. The number of hydrogen-bond donors (Lipinski definition) is 1. The Labute approximate surface area is 73.1 Å². The van der Waals surface area contributed by atoms with Crippen LogP contribution in [0.5, 0.6) is 0 Å². The molecule has 0 amide bonds. The molecule has 1 unspecified atom stereocenters. The van der Waals surface area contributed by atoms with Gasteiger partial charge in [-0.2, -0.15) is 0 Å². The van der Waals surface area contributed by atoms with Crippen LogP contribution in [-0.4, -0.2) is 31.6 Å². The zero-order chi connectivity index (χ0) is 8.91. The van der Waals surface area contributed by atoms with E-state index in [-0.39, 0.29) is 0 Å². The van der Waals surface area contributed by atoms with E-state index < -0.39 is 6.65 Å². The lowest BCUT2D eigenvalue weighted by molar-refractivity contribution is 0.522. The van der Waals surface area contributed by atoms with Crippen LogP contribution in [0, 0.1) is 0 Å². The molecule has 0 saturated carbocycles. The molecule has 3 nitrogen and oxygen atoms in total. The van der Waals surface area contributed by atoms with E-state index in [1.54, 1.807) is 11.7 Å². The van der Waals surface area contributed by atoms with Crippen molar-refractivity contribution in [3.8, 4) is 0 Å². The van der Waals surface area contributed by atoms with Crippen LogP contribution in [0.2, 0.25) is 0 Å². The fourth-order valence-corrected chi connectivity index (χ4v) is 4.16. The largest absolute Gasteiger partial charge is 0.277 e. The third-order valence-corrected chi connectivity index (χ3v) is 6.96. The van der Waals surface area contributed by atoms with Gasteiger partial charge >= 0.3 is 0 Å². The van der Waals surface area contributed by atoms with E-state index in [0.29, 0.717) is 0 Å². The van der Waals surface area contributed by atoms with Gasteiger partial charge in [0.25, 0.3) is 6.65 Å². The minimum atomic E-state index is -2.29. The zero-order valence-electron chi connectivity index (χ0n) is 7.63. The number of nitrogens with zero attached hydrogens (tertiary/aromatic N) is 1. The van der Waals surface area contributed by atoms with E-state index in [9.17, 15) is 4.57 Å². The first-order valence-electron chi connectivity index (χ1n) is 3.68. The third-order valence-electron chi connectivity index (χ3n) is 1.28. The van der Waals surface area contributed by atoms with Gasteiger partial charge in [-0.05, 0) is 27.6 Å². The smallest absolute Gasteiger partial charge is 0.268 e. The van der Waals surface area contributed by atoms with Crippen molar-refractivity contribution >= 4 is 18.0 Å². The summed E-state index contributed by atoms with van der Waals surface area (Å²) in [7, 11) is 5.41. The summed E-state index contributed by atoms with van der Waals surface area (Å²) in [6, 6.07) is 0. The van der Waals surface area contributed by atoms with Crippen molar-refractivity contribution < 1.29 is 4.57 Å². The highest BCUT2D eigenvalue weighted by molar-refractivity contribution is 8.56. The Balaban J connectivity index is 4.01. The Bertz CT molecular complexity index is 152. The predicted octanol–water partition coefficient (Wildman–Crippen LogP) is 2.02. The van der Waals surface area contributed by atoms with Crippen LogP contribution in [-0.2, 0) is 4.57 Å². The molecule has 0 radical (unpaired) electrons. The van der Waals surface area contributed by atoms with E-state index in [1.165, 1.54) is 11.4 Å². The molecule has 0 rings (SSSR count). The molecule has 0 heterocycles. The van der Waals surface area contributed by atoms with Gasteiger partial charge in [0.15, 0.2) is 0 Å². The molecule has 0 aromatic heterocycles. The van der Waals surface area contributed by atoms with E-state index in [2.05, 4.69) is 12.0 Å². The van der Waals surface area contributed by atoms with Crippen LogP contribution in [0.15, 0.2) is 0 Å². The minimum absolute atomic E-state index is 0.941. The van der Waals surface area contributed by atoms with Crippen LogP contribution in [0.3, 0.4) is 0 Å². The van der Waals surface area contributed by atoms with Crippen molar-refractivity contribution in [2.75, 3.05) is 26.9 Å².